The van der Waals surface area contributed by atoms with Gasteiger partial charge < -0.3 is 5.32 Å². The number of hydrogen-bond acceptors (Lipinski definition) is 5. The molecular weight excluding hydrogens is 278 g/mol. The molecule has 0 bridgehead atoms. The highest BCUT2D eigenvalue weighted by atomic mass is 32.2. The number of anilines is 1. The van der Waals surface area contributed by atoms with Crippen LogP contribution in [0, 0.1) is 0 Å². The Balaban J connectivity index is 1.68. The molecule has 1 aliphatic carbocycles. The number of nitrogens with one attached hydrogen (secondary N) is 1. The lowest BCUT2D eigenvalue weighted by Crippen LogP contribution is -2.39. The molecule has 1 atom stereocenters. The van der Waals surface area contributed by atoms with Gasteiger partial charge in [-0.1, -0.05) is 6.42 Å². The Hall–Kier alpha value is -1.50. The minimum atomic E-state index is -3.31. The van der Waals surface area contributed by atoms with Crippen LogP contribution < -0.4 is 5.32 Å². The fraction of sp³-hybridized carbons (Fsp3) is 0.615. The molecule has 1 aromatic heterocycles. The van der Waals surface area contributed by atoms with E-state index in [9.17, 15) is 13.2 Å². The maximum Gasteiger partial charge on any atom is 0.243 e. The molecule has 1 saturated heterocycles. The Kier molecular flexibility index (Phi) is 3.45. The zero-order chi connectivity index (χ0) is 14.2. The first-order valence-electron chi connectivity index (χ1n) is 6.92. The predicted octanol–water partition coefficient (Wildman–Crippen LogP) is 1.26. The zero-order valence-electron chi connectivity index (χ0n) is 11.1. The molecule has 0 radical (unpaired) electrons. The molecule has 1 saturated carbocycles. The Morgan fingerprint density at radius 2 is 1.95 bits per heavy atom. The zero-order valence-corrected chi connectivity index (χ0v) is 11.9. The van der Waals surface area contributed by atoms with Crippen molar-refractivity contribution in [1.29, 1.82) is 0 Å². The smallest absolute Gasteiger partial charge is 0.243 e. The van der Waals surface area contributed by atoms with Crippen LogP contribution in [0.5, 0.6) is 0 Å². The molecule has 6 nitrogen and oxygen atoms in total. The van der Waals surface area contributed by atoms with Crippen molar-refractivity contribution in [1.82, 2.24) is 10.2 Å². The first-order chi connectivity index (χ1) is 9.56. The minimum absolute atomic E-state index is 0.0946. The highest BCUT2D eigenvalue weighted by Gasteiger charge is 2.35. The molecule has 2 heterocycles. The number of carbonyl (C=O) groups is 1. The maximum absolute atomic E-state index is 12.1. The van der Waals surface area contributed by atoms with Crippen LogP contribution in [0.3, 0.4) is 0 Å². The van der Waals surface area contributed by atoms with E-state index in [1.165, 1.54) is 0 Å². The molecule has 1 amide bonds. The van der Waals surface area contributed by atoms with E-state index in [-0.39, 0.29) is 5.75 Å². The molecule has 3 rings (SSSR count). The fourth-order valence-corrected chi connectivity index (χ4v) is 4.26. The van der Waals surface area contributed by atoms with Crippen LogP contribution in [0.4, 0.5) is 5.82 Å². The third-order valence-electron chi connectivity index (χ3n) is 3.80. The molecule has 2 fully saturated rings. The molecule has 1 unspecified atom stereocenters. The van der Waals surface area contributed by atoms with Crippen LogP contribution in [0.2, 0.25) is 0 Å². The van der Waals surface area contributed by atoms with Gasteiger partial charge in [0.25, 0.3) is 0 Å². The summed E-state index contributed by atoms with van der Waals surface area (Å²) < 4.78 is 23.7. The summed E-state index contributed by atoms with van der Waals surface area (Å²) in [6.45, 7) is 0. The number of aromatic nitrogens is 2. The summed E-state index contributed by atoms with van der Waals surface area (Å²) >= 11 is 0. The lowest BCUT2D eigenvalue weighted by atomic mass is 10.2. The van der Waals surface area contributed by atoms with Crippen LogP contribution in [-0.4, -0.2) is 35.5 Å². The van der Waals surface area contributed by atoms with Gasteiger partial charge in [-0.25, -0.2) is 8.42 Å². The van der Waals surface area contributed by atoms with E-state index in [0.29, 0.717) is 24.6 Å². The van der Waals surface area contributed by atoms with Gasteiger partial charge in [0.05, 0.1) is 11.4 Å². The fourth-order valence-electron chi connectivity index (χ4n) is 2.46. The Bertz CT molecular complexity index is 608. The summed E-state index contributed by atoms with van der Waals surface area (Å²) in [7, 11) is -3.31. The number of carbonyl (C=O) groups excluding carboxylic acids is 1. The van der Waals surface area contributed by atoms with Gasteiger partial charge in [0.15, 0.2) is 15.7 Å². The van der Waals surface area contributed by atoms with Gasteiger partial charge in [0, 0.05) is 5.92 Å². The van der Waals surface area contributed by atoms with E-state index in [1.54, 1.807) is 6.07 Å². The molecule has 1 aliphatic heterocycles. The first kappa shape index (κ1) is 13.5. The van der Waals surface area contributed by atoms with Crippen LogP contribution in [-0.2, 0) is 14.6 Å². The number of nitrogens with zero attached hydrogens (tertiary/aromatic N) is 2. The highest BCUT2D eigenvalue weighted by molar-refractivity contribution is 7.92. The van der Waals surface area contributed by atoms with E-state index in [4.69, 9.17) is 0 Å². The van der Waals surface area contributed by atoms with E-state index in [1.807, 2.05) is 6.07 Å². The normalized spacial score (nSPS) is 25.1. The second-order valence-electron chi connectivity index (χ2n) is 5.46. The molecule has 0 spiro atoms. The third kappa shape index (κ3) is 2.82. The quantitative estimate of drug-likeness (QED) is 0.906. The standard InChI is InChI=1S/C13H17N3O3S/c17-13(11-3-1-2-8-20(11,18)19)14-12-7-6-10(15-16-12)9-4-5-9/h6-7,9,11H,1-5,8H2,(H,14,16,17). The number of amides is 1. The second-order valence-corrected chi connectivity index (χ2v) is 7.76. The maximum atomic E-state index is 12.1. The summed E-state index contributed by atoms with van der Waals surface area (Å²) in [5, 5.41) is 9.63. The van der Waals surface area contributed by atoms with Gasteiger partial charge in [-0.2, -0.15) is 5.10 Å². The minimum Gasteiger partial charge on any atom is -0.308 e. The van der Waals surface area contributed by atoms with Crippen molar-refractivity contribution in [2.24, 2.45) is 0 Å². The molecule has 0 aromatic carbocycles. The van der Waals surface area contributed by atoms with Gasteiger partial charge in [-0.3, -0.25) is 4.79 Å². The molecule has 1 N–H and O–H groups in total. The summed E-state index contributed by atoms with van der Waals surface area (Å²) in [6.07, 6.45) is 4.08. The van der Waals surface area contributed by atoms with Crippen molar-refractivity contribution in [3.63, 3.8) is 0 Å². The molecule has 1 aromatic rings. The molecule has 7 heteroatoms. The van der Waals surface area contributed by atoms with Crippen molar-refractivity contribution in [3.05, 3.63) is 17.8 Å². The van der Waals surface area contributed by atoms with Gasteiger partial charge in [0.2, 0.25) is 5.91 Å². The Labute approximate surface area is 117 Å². The van der Waals surface area contributed by atoms with Gasteiger partial charge in [-0.05, 0) is 37.8 Å². The summed E-state index contributed by atoms with van der Waals surface area (Å²) in [5.41, 5.74) is 0.938. The lowest BCUT2D eigenvalue weighted by Gasteiger charge is -2.21. The van der Waals surface area contributed by atoms with E-state index < -0.39 is 21.0 Å². The summed E-state index contributed by atoms with van der Waals surface area (Å²) in [5.74, 6) is 0.432. The monoisotopic (exact) mass is 295 g/mol. The average Bonchev–Trinajstić information content (AvgIpc) is 3.23. The highest BCUT2D eigenvalue weighted by Crippen LogP contribution is 2.38. The second kappa shape index (κ2) is 5.12. The molecule has 2 aliphatic rings. The molecular formula is C13H17N3O3S. The summed E-state index contributed by atoms with van der Waals surface area (Å²) in [4.78, 5) is 12.1. The topological polar surface area (TPSA) is 89.0 Å². The van der Waals surface area contributed by atoms with E-state index in [2.05, 4.69) is 15.5 Å². The van der Waals surface area contributed by atoms with Crippen molar-refractivity contribution in [2.45, 2.75) is 43.3 Å². The lowest BCUT2D eigenvalue weighted by molar-refractivity contribution is -0.116. The van der Waals surface area contributed by atoms with Crippen LogP contribution >= 0.6 is 0 Å². The number of sulfone groups is 1. The number of hydrogen-bond donors (Lipinski definition) is 1. The third-order valence-corrected chi connectivity index (χ3v) is 5.98. The van der Waals surface area contributed by atoms with E-state index >= 15 is 0 Å². The van der Waals surface area contributed by atoms with Crippen molar-refractivity contribution in [2.75, 3.05) is 11.1 Å². The van der Waals surface area contributed by atoms with Crippen LogP contribution in [0.25, 0.3) is 0 Å². The summed E-state index contributed by atoms with van der Waals surface area (Å²) in [6, 6.07) is 3.53. The van der Waals surface area contributed by atoms with Crippen molar-refractivity contribution >= 4 is 21.6 Å². The number of rotatable bonds is 3. The molecule has 20 heavy (non-hydrogen) atoms. The molecule has 108 valence electrons. The average molecular weight is 295 g/mol. The SMILES string of the molecule is O=C(Nc1ccc(C2CC2)nn1)C1CCCCS1(=O)=O. The Morgan fingerprint density at radius 1 is 1.15 bits per heavy atom. The van der Waals surface area contributed by atoms with Gasteiger partial charge in [-0.15, -0.1) is 5.10 Å². The Morgan fingerprint density at radius 3 is 2.55 bits per heavy atom. The van der Waals surface area contributed by atoms with Crippen LogP contribution in [0.15, 0.2) is 12.1 Å². The largest absolute Gasteiger partial charge is 0.308 e. The van der Waals surface area contributed by atoms with Crippen LogP contribution in [0.1, 0.15) is 43.7 Å². The van der Waals surface area contributed by atoms with Crippen molar-refractivity contribution in [3.8, 4) is 0 Å². The van der Waals surface area contributed by atoms with Gasteiger partial charge >= 0.3 is 0 Å². The van der Waals surface area contributed by atoms with E-state index in [0.717, 1.165) is 25.0 Å². The van der Waals surface area contributed by atoms with Gasteiger partial charge in [0.1, 0.15) is 5.25 Å². The predicted molar refractivity (Wildman–Crippen MR) is 74.1 cm³/mol. The van der Waals surface area contributed by atoms with Crippen molar-refractivity contribution < 1.29 is 13.2 Å². The first-order valence-corrected chi connectivity index (χ1v) is 8.64.